The molecule has 0 spiro atoms. The second kappa shape index (κ2) is 14.7. The van der Waals surface area contributed by atoms with Gasteiger partial charge >= 0.3 is 12.1 Å². The monoisotopic (exact) mass is 597 g/mol. The summed E-state index contributed by atoms with van der Waals surface area (Å²) < 4.78 is 11.0. The molecule has 0 radical (unpaired) electrons. The number of aliphatic carboxylic acids is 1. The molecule has 2 unspecified atom stereocenters. The average Bonchev–Trinajstić information content (AvgIpc) is 3.50. The van der Waals surface area contributed by atoms with Crippen LogP contribution >= 0.6 is 0 Å². The van der Waals surface area contributed by atoms with Crippen LogP contribution in [0.4, 0.5) is 4.79 Å². The third kappa shape index (κ3) is 7.90. The highest BCUT2D eigenvalue weighted by Crippen LogP contribution is 2.27. The molecule has 2 saturated heterocycles. The summed E-state index contributed by atoms with van der Waals surface area (Å²) in [6, 6.07) is 7.56. The molecule has 2 aromatic rings. The lowest BCUT2D eigenvalue weighted by Gasteiger charge is -2.35. The quantitative estimate of drug-likeness (QED) is 0.396. The highest BCUT2D eigenvalue weighted by atomic mass is 16.6. The first-order valence-electron chi connectivity index (χ1n) is 14.8. The molecule has 2 fully saturated rings. The Labute approximate surface area is 250 Å². The van der Waals surface area contributed by atoms with E-state index in [4.69, 9.17) is 9.47 Å². The van der Waals surface area contributed by atoms with Crippen molar-refractivity contribution in [3.63, 3.8) is 0 Å². The number of benzene rings is 1. The van der Waals surface area contributed by atoms with Gasteiger partial charge in [-0.3, -0.25) is 19.2 Å². The van der Waals surface area contributed by atoms with Gasteiger partial charge in [-0.2, -0.15) is 0 Å². The zero-order chi connectivity index (χ0) is 30.9. The summed E-state index contributed by atoms with van der Waals surface area (Å²) in [5.41, 5.74) is 0.433. The van der Waals surface area contributed by atoms with Crippen molar-refractivity contribution in [2.24, 2.45) is 0 Å². The van der Waals surface area contributed by atoms with Crippen LogP contribution in [-0.2, 0) is 19.1 Å². The van der Waals surface area contributed by atoms with Crippen LogP contribution in [0.3, 0.4) is 0 Å². The molecule has 43 heavy (non-hydrogen) atoms. The summed E-state index contributed by atoms with van der Waals surface area (Å²) >= 11 is 0. The molecule has 2 atom stereocenters. The lowest BCUT2D eigenvalue weighted by molar-refractivity contribution is -0.138. The number of fused-ring (bicyclic) bond motifs is 1. The molecule has 0 saturated carbocycles. The minimum absolute atomic E-state index is 0.0333. The number of nitrogens with one attached hydrogen (secondary N) is 1. The average molecular weight is 598 g/mol. The summed E-state index contributed by atoms with van der Waals surface area (Å²) in [6.45, 7) is 5.45. The topological polar surface area (TPSA) is 159 Å². The number of carbonyl (C=O) groups is 5. The van der Waals surface area contributed by atoms with E-state index in [2.05, 4.69) is 17.2 Å². The van der Waals surface area contributed by atoms with Crippen LogP contribution in [0.1, 0.15) is 56.4 Å². The van der Waals surface area contributed by atoms with Crippen LogP contribution in [0.25, 0.3) is 10.9 Å². The zero-order valence-electron chi connectivity index (χ0n) is 24.6. The van der Waals surface area contributed by atoms with Gasteiger partial charge in [-0.1, -0.05) is 19.1 Å². The number of carboxylic acids is 1. The van der Waals surface area contributed by atoms with Gasteiger partial charge in [0.25, 0.3) is 11.8 Å². The standard InChI is InChI=1S/C30H39N5O8/c1-3-20-8-7-13-35(20)26(36)19-43-25-18-24(31-22-10-6-5-9-21(22)25)28(39)32-23(11-12-27(37)38)29(40)33-14-16-34(17-15-33)30(41)42-4-2/h5-6,9-10,18,20,23H,3-4,7-8,11-17,19H2,1-2H3,(H,32,39)(H,37,38). The second-order valence-corrected chi connectivity index (χ2v) is 10.6. The van der Waals surface area contributed by atoms with Crippen LogP contribution in [0.5, 0.6) is 5.75 Å². The first-order valence-corrected chi connectivity index (χ1v) is 14.8. The molecule has 0 bridgehead atoms. The maximum absolute atomic E-state index is 13.4. The molecule has 1 aromatic heterocycles. The van der Waals surface area contributed by atoms with Crippen molar-refractivity contribution in [2.75, 3.05) is 45.9 Å². The number of carbonyl (C=O) groups excluding carboxylic acids is 4. The molecule has 13 nitrogen and oxygen atoms in total. The fourth-order valence-corrected chi connectivity index (χ4v) is 5.49. The summed E-state index contributed by atoms with van der Waals surface area (Å²) in [5, 5.41) is 12.6. The van der Waals surface area contributed by atoms with Crippen molar-refractivity contribution < 1.29 is 38.6 Å². The van der Waals surface area contributed by atoms with E-state index in [1.165, 1.54) is 15.9 Å². The first kappa shape index (κ1) is 31.5. The summed E-state index contributed by atoms with van der Waals surface area (Å²) in [7, 11) is 0. The smallest absolute Gasteiger partial charge is 0.409 e. The zero-order valence-corrected chi connectivity index (χ0v) is 24.6. The van der Waals surface area contributed by atoms with Gasteiger partial charge in [0, 0.05) is 56.6 Å². The van der Waals surface area contributed by atoms with E-state index in [1.54, 1.807) is 31.2 Å². The number of nitrogens with zero attached hydrogens (tertiary/aromatic N) is 4. The van der Waals surface area contributed by atoms with Crippen molar-refractivity contribution in [1.29, 1.82) is 0 Å². The number of ether oxygens (including phenoxy) is 2. The SMILES string of the molecule is CCOC(=O)N1CCN(C(=O)C(CCC(=O)O)NC(=O)c2cc(OCC(=O)N3CCCC3CC)c3ccccc3n2)CC1. The largest absolute Gasteiger partial charge is 0.483 e. The number of likely N-dealkylation sites (tertiary alicyclic amines) is 1. The fraction of sp³-hybridized carbons (Fsp3) is 0.533. The maximum atomic E-state index is 13.4. The Kier molecular flexibility index (Phi) is 10.7. The molecule has 4 rings (SSSR count). The highest BCUT2D eigenvalue weighted by Gasteiger charge is 2.32. The lowest BCUT2D eigenvalue weighted by Crippen LogP contribution is -2.56. The van der Waals surface area contributed by atoms with Crippen molar-refractivity contribution in [1.82, 2.24) is 25.0 Å². The molecule has 2 aliphatic heterocycles. The fourth-order valence-electron chi connectivity index (χ4n) is 5.49. The third-order valence-corrected chi connectivity index (χ3v) is 7.80. The van der Waals surface area contributed by atoms with Crippen molar-refractivity contribution in [2.45, 2.75) is 58.0 Å². The van der Waals surface area contributed by atoms with Gasteiger partial charge in [0.2, 0.25) is 5.91 Å². The Morgan fingerprint density at radius 3 is 2.47 bits per heavy atom. The van der Waals surface area contributed by atoms with E-state index in [0.717, 1.165) is 19.3 Å². The number of rotatable bonds is 11. The van der Waals surface area contributed by atoms with Crippen LogP contribution < -0.4 is 10.1 Å². The molecule has 1 aromatic carbocycles. The minimum atomic E-state index is -1.13. The number of pyridine rings is 1. The van der Waals surface area contributed by atoms with Crippen LogP contribution in [0.15, 0.2) is 30.3 Å². The summed E-state index contributed by atoms with van der Waals surface area (Å²) in [4.78, 5) is 72.4. The van der Waals surface area contributed by atoms with E-state index in [-0.39, 0.29) is 69.9 Å². The van der Waals surface area contributed by atoms with Gasteiger partial charge < -0.3 is 34.6 Å². The molecule has 2 aliphatic rings. The lowest BCUT2D eigenvalue weighted by atomic mass is 10.1. The Morgan fingerprint density at radius 2 is 1.77 bits per heavy atom. The Morgan fingerprint density at radius 1 is 1.05 bits per heavy atom. The number of carboxylic acid groups (broad SMARTS) is 1. The van der Waals surface area contributed by atoms with Crippen LogP contribution in [-0.4, -0.2) is 113 Å². The summed E-state index contributed by atoms with van der Waals surface area (Å²) in [6.07, 6.45) is 1.87. The molecule has 13 heteroatoms. The number of amides is 4. The Hall–Kier alpha value is -4.42. The van der Waals surface area contributed by atoms with Gasteiger partial charge in [-0.15, -0.1) is 0 Å². The van der Waals surface area contributed by atoms with Gasteiger partial charge in [0.15, 0.2) is 6.61 Å². The number of aromatic nitrogens is 1. The maximum Gasteiger partial charge on any atom is 0.409 e. The van der Waals surface area contributed by atoms with Crippen molar-refractivity contribution in [3.8, 4) is 5.75 Å². The van der Waals surface area contributed by atoms with Crippen molar-refractivity contribution in [3.05, 3.63) is 36.0 Å². The van der Waals surface area contributed by atoms with Crippen LogP contribution in [0.2, 0.25) is 0 Å². The highest BCUT2D eigenvalue weighted by molar-refractivity contribution is 5.99. The second-order valence-electron chi connectivity index (χ2n) is 10.6. The predicted octanol–water partition coefficient (Wildman–Crippen LogP) is 2.28. The number of para-hydroxylation sites is 1. The van der Waals surface area contributed by atoms with Gasteiger partial charge in [-0.25, -0.2) is 9.78 Å². The van der Waals surface area contributed by atoms with Crippen molar-refractivity contribution >= 4 is 40.7 Å². The van der Waals surface area contributed by atoms with E-state index < -0.39 is 29.9 Å². The molecule has 0 aliphatic carbocycles. The first-order chi connectivity index (χ1) is 20.7. The van der Waals surface area contributed by atoms with E-state index in [9.17, 15) is 29.1 Å². The van der Waals surface area contributed by atoms with E-state index in [1.807, 2.05) is 4.90 Å². The predicted molar refractivity (Wildman–Crippen MR) is 156 cm³/mol. The summed E-state index contributed by atoms with van der Waals surface area (Å²) in [5.74, 6) is -2.05. The normalized spacial score (nSPS) is 17.4. The third-order valence-electron chi connectivity index (χ3n) is 7.80. The Balaban J connectivity index is 1.49. The van der Waals surface area contributed by atoms with Gasteiger partial charge in [0.1, 0.15) is 17.5 Å². The molecule has 4 amide bonds. The molecule has 2 N–H and O–H groups in total. The molecule has 232 valence electrons. The molecular weight excluding hydrogens is 558 g/mol. The number of piperazine rings is 1. The van der Waals surface area contributed by atoms with E-state index >= 15 is 0 Å². The van der Waals surface area contributed by atoms with Crippen LogP contribution in [0, 0.1) is 0 Å². The minimum Gasteiger partial charge on any atom is -0.483 e. The van der Waals surface area contributed by atoms with E-state index in [0.29, 0.717) is 23.2 Å². The number of hydrogen-bond donors (Lipinski definition) is 2. The molecular formula is C30H39N5O8. The van der Waals surface area contributed by atoms with Gasteiger partial charge in [-0.05, 0) is 44.7 Å². The Bertz CT molecular complexity index is 1340. The van der Waals surface area contributed by atoms with Gasteiger partial charge in [0.05, 0.1) is 12.1 Å². The molecule has 3 heterocycles. The number of hydrogen-bond acceptors (Lipinski definition) is 8.